The zero-order valence-electron chi connectivity index (χ0n) is 10.2. The smallest absolute Gasteiger partial charge is 0.147 e. The van der Waals surface area contributed by atoms with E-state index in [-0.39, 0.29) is 0 Å². The number of hydrogen-bond acceptors (Lipinski definition) is 2. The van der Waals surface area contributed by atoms with Crippen molar-refractivity contribution in [3.05, 3.63) is 24.5 Å². The van der Waals surface area contributed by atoms with Gasteiger partial charge in [0.2, 0.25) is 0 Å². The summed E-state index contributed by atoms with van der Waals surface area (Å²) >= 11 is 0. The van der Waals surface area contributed by atoms with Gasteiger partial charge in [-0.25, -0.2) is 0 Å². The standard InChI is InChI=1S/C14H22NO/c1-2-3-4-5-6-7-8-12-16-14-10-9-11-15-13-14/h9-11H,2-8,12H2,1H3. The lowest BCUT2D eigenvalue weighted by atomic mass is 10.1. The van der Waals surface area contributed by atoms with E-state index in [9.17, 15) is 0 Å². The highest BCUT2D eigenvalue weighted by Crippen LogP contribution is 2.09. The number of rotatable bonds is 9. The van der Waals surface area contributed by atoms with Gasteiger partial charge in [-0.05, 0) is 18.6 Å². The van der Waals surface area contributed by atoms with Gasteiger partial charge in [0.05, 0.1) is 6.61 Å². The minimum atomic E-state index is 0.758. The molecule has 0 atom stereocenters. The average molecular weight is 220 g/mol. The molecule has 0 fully saturated rings. The van der Waals surface area contributed by atoms with E-state index in [0.717, 1.165) is 18.8 Å². The van der Waals surface area contributed by atoms with Crippen LogP contribution in [0.5, 0.6) is 5.75 Å². The van der Waals surface area contributed by atoms with Gasteiger partial charge in [-0.15, -0.1) is 0 Å². The Morgan fingerprint density at radius 2 is 1.88 bits per heavy atom. The monoisotopic (exact) mass is 220 g/mol. The van der Waals surface area contributed by atoms with E-state index >= 15 is 0 Å². The minimum absolute atomic E-state index is 0.758. The summed E-state index contributed by atoms with van der Waals surface area (Å²) in [7, 11) is 0. The van der Waals surface area contributed by atoms with Crippen LogP contribution in [-0.4, -0.2) is 11.6 Å². The Kier molecular flexibility index (Phi) is 7.48. The Balaban J connectivity index is 1.89. The lowest BCUT2D eigenvalue weighted by molar-refractivity contribution is 0.302. The molecule has 0 amide bonds. The fraction of sp³-hybridized carbons (Fsp3) is 0.643. The van der Waals surface area contributed by atoms with Gasteiger partial charge in [0.25, 0.3) is 0 Å². The molecule has 0 spiro atoms. The Bertz CT molecular complexity index is 248. The van der Waals surface area contributed by atoms with Crippen molar-refractivity contribution in [2.75, 3.05) is 6.61 Å². The van der Waals surface area contributed by atoms with Crippen molar-refractivity contribution in [2.45, 2.75) is 51.9 Å². The van der Waals surface area contributed by atoms with Gasteiger partial charge in [0.15, 0.2) is 0 Å². The number of aromatic nitrogens is 1. The molecule has 0 aliphatic rings. The summed E-state index contributed by atoms with van der Waals surface area (Å²) in [6, 6.07) is 3.77. The van der Waals surface area contributed by atoms with Gasteiger partial charge >= 0.3 is 0 Å². The number of ether oxygens (including phenoxy) is 1. The molecule has 1 radical (unpaired) electrons. The zero-order chi connectivity index (χ0) is 11.5. The summed E-state index contributed by atoms with van der Waals surface area (Å²) in [5, 5.41) is 0. The normalized spacial score (nSPS) is 10.3. The van der Waals surface area contributed by atoms with Crippen LogP contribution in [0.25, 0.3) is 0 Å². The number of hydrogen-bond donors (Lipinski definition) is 0. The summed E-state index contributed by atoms with van der Waals surface area (Å²) in [6.45, 7) is 3.04. The predicted octanol–water partition coefficient (Wildman–Crippen LogP) is 4.01. The lowest BCUT2D eigenvalue weighted by Crippen LogP contribution is -1.97. The van der Waals surface area contributed by atoms with E-state index in [2.05, 4.69) is 18.1 Å². The van der Waals surface area contributed by atoms with Crippen LogP contribution >= 0.6 is 0 Å². The first-order chi connectivity index (χ1) is 7.93. The third-order valence-corrected chi connectivity index (χ3v) is 2.59. The molecular weight excluding hydrogens is 198 g/mol. The average Bonchev–Trinajstić information content (AvgIpc) is 2.34. The molecule has 0 N–H and O–H groups in total. The second-order valence-electron chi connectivity index (χ2n) is 4.08. The summed E-state index contributed by atoms with van der Waals surface area (Å²) in [5.74, 6) is 0.758. The highest BCUT2D eigenvalue weighted by atomic mass is 16.5. The van der Waals surface area contributed by atoms with Crippen molar-refractivity contribution in [3.8, 4) is 5.75 Å². The number of pyridine rings is 1. The molecular formula is C14H22NO. The highest BCUT2D eigenvalue weighted by molar-refractivity contribution is 5.13. The van der Waals surface area contributed by atoms with E-state index in [1.54, 1.807) is 6.20 Å². The molecule has 0 saturated carbocycles. The van der Waals surface area contributed by atoms with Crippen molar-refractivity contribution < 1.29 is 4.74 Å². The van der Waals surface area contributed by atoms with Gasteiger partial charge in [-0.1, -0.05) is 45.4 Å². The van der Waals surface area contributed by atoms with Crippen LogP contribution in [-0.2, 0) is 0 Å². The predicted molar refractivity (Wildman–Crippen MR) is 66.6 cm³/mol. The van der Waals surface area contributed by atoms with Crippen molar-refractivity contribution in [1.29, 1.82) is 0 Å². The van der Waals surface area contributed by atoms with Gasteiger partial charge in [0.1, 0.15) is 11.9 Å². The zero-order valence-corrected chi connectivity index (χ0v) is 10.2. The van der Waals surface area contributed by atoms with E-state index < -0.39 is 0 Å². The van der Waals surface area contributed by atoms with Gasteiger partial charge in [-0.2, -0.15) is 0 Å². The largest absolute Gasteiger partial charge is 0.491 e. The molecule has 1 heterocycles. The second-order valence-corrected chi connectivity index (χ2v) is 4.08. The van der Waals surface area contributed by atoms with Gasteiger partial charge < -0.3 is 4.74 Å². The molecule has 16 heavy (non-hydrogen) atoms. The van der Waals surface area contributed by atoms with Crippen LogP contribution in [0, 0.1) is 6.20 Å². The molecule has 0 bridgehead atoms. The van der Waals surface area contributed by atoms with Crippen molar-refractivity contribution in [1.82, 2.24) is 4.98 Å². The van der Waals surface area contributed by atoms with Crippen LogP contribution in [0.4, 0.5) is 0 Å². The first-order valence-corrected chi connectivity index (χ1v) is 6.39. The lowest BCUT2D eigenvalue weighted by Gasteiger charge is -2.04. The van der Waals surface area contributed by atoms with E-state index in [1.165, 1.54) is 38.5 Å². The van der Waals surface area contributed by atoms with Crippen LogP contribution in [0.15, 0.2) is 18.3 Å². The second kappa shape index (κ2) is 9.20. The molecule has 0 aromatic carbocycles. The van der Waals surface area contributed by atoms with Gasteiger partial charge in [-0.3, -0.25) is 4.98 Å². The molecule has 89 valence electrons. The molecule has 2 nitrogen and oxygen atoms in total. The third kappa shape index (κ3) is 6.44. The minimum Gasteiger partial charge on any atom is -0.491 e. The molecule has 1 rings (SSSR count). The molecule has 0 aliphatic carbocycles. The summed E-state index contributed by atoms with van der Waals surface area (Å²) < 4.78 is 5.52. The van der Waals surface area contributed by atoms with Crippen molar-refractivity contribution in [3.63, 3.8) is 0 Å². The summed E-state index contributed by atoms with van der Waals surface area (Å²) in [4.78, 5) is 3.88. The first-order valence-electron chi connectivity index (χ1n) is 6.39. The number of unbranched alkanes of at least 4 members (excludes halogenated alkanes) is 6. The summed E-state index contributed by atoms with van der Waals surface area (Å²) in [6.07, 6.45) is 13.7. The van der Waals surface area contributed by atoms with Crippen molar-refractivity contribution in [2.24, 2.45) is 0 Å². The molecule has 0 aliphatic heterocycles. The van der Waals surface area contributed by atoms with E-state index in [1.807, 2.05) is 12.1 Å². The van der Waals surface area contributed by atoms with Crippen LogP contribution in [0.2, 0.25) is 0 Å². The maximum atomic E-state index is 5.52. The Morgan fingerprint density at radius 3 is 2.56 bits per heavy atom. The molecule has 2 heteroatoms. The maximum Gasteiger partial charge on any atom is 0.147 e. The van der Waals surface area contributed by atoms with Crippen LogP contribution in [0.1, 0.15) is 51.9 Å². The maximum absolute atomic E-state index is 5.52. The molecule has 0 unspecified atom stereocenters. The van der Waals surface area contributed by atoms with Crippen LogP contribution in [0.3, 0.4) is 0 Å². The molecule has 0 saturated heterocycles. The topological polar surface area (TPSA) is 22.1 Å². The van der Waals surface area contributed by atoms with E-state index in [0.29, 0.717) is 0 Å². The highest BCUT2D eigenvalue weighted by Gasteiger charge is 1.94. The molecule has 1 aromatic rings. The first kappa shape index (κ1) is 13.0. The fourth-order valence-corrected chi connectivity index (χ4v) is 1.63. The Hall–Kier alpha value is -1.05. The van der Waals surface area contributed by atoms with Crippen LogP contribution < -0.4 is 4.74 Å². The molecule has 1 aromatic heterocycles. The third-order valence-electron chi connectivity index (χ3n) is 2.59. The summed E-state index contributed by atoms with van der Waals surface area (Å²) in [5.41, 5.74) is 0. The fourth-order valence-electron chi connectivity index (χ4n) is 1.63. The Morgan fingerprint density at radius 1 is 1.12 bits per heavy atom. The SMILES string of the molecule is CCCCCCCCCOc1[c]nccc1. The van der Waals surface area contributed by atoms with Crippen molar-refractivity contribution >= 4 is 0 Å². The quantitative estimate of drug-likeness (QED) is 0.587. The van der Waals surface area contributed by atoms with Gasteiger partial charge in [0, 0.05) is 6.20 Å². The Labute approximate surface area is 99.0 Å². The van der Waals surface area contributed by atoms with E-state index in [4.69, 9.17) is 4.74 Å². The number of nitrogens with zero attached hydrogens (tertiary/aromatic N) is 1.